The lowest BCUT2D eigenvalue weighted by Gasteiger charge is -2.36. The van der Waals surface area contributed by atoms with Gasteiger partial charge in [0.15, 0.2) is 0 Å². The maximum absolute atomic E-state index is 12.5. The highest BCUT2D eigenvalue weighted by molar-refractivity contribution is 9.10. The predicted octanol–water partition coefficient (Wildman–Crippen LogP) is 6.45. The third kappa shape index (κ3) is 6.40. The number of benzene rings is 2. The first-order valence-corrected chi connectivity index (χ1v) is 13.0. The summed E-state index contributed by atoms with van der Waals surface area (Å²) in [5.74, 6) is 1.98. The summed E-state index contributed by atoms with van der Waals surface area (Å²) in [5, 5.41) is 6.82. The summed E-state index contributed by atoms with van der Waals surface area (Å²) in [6.07, 6.45) is 1.49. The molecule has 2 heterocycles. The van der Waals surface area contributed by atoms with Crippen LogP contribution in [0.2, 0.25) is 0 Å². The van der Waals surface area contributed by atoms with Gasteiger partial charge in [0, 0.05) is 47.2 Å². The van der Waals surface area contributed by atoms with Gasteiger partial charge in [-0.15, -0.1) is 0 Å². The Balaban J connectivity index is 1.37. The largest absolute Gasteiger partial charge is 0.356 e. The molecule has 7 heteroatoms. The Morgan fingerprint density at radius 2 is 1.63 bits per heavy atom. The van der Waals surface area contributed by atoms with E-state index in [1.54, 1.807) is 0 Å². The predicted molar refractivity (Wildman–Crippen MR) is 147 cm³/mol. The van der Waals surface area contributed by atoms with Crippen LogP contribution in [0.4, 0.5) is 17.2 Å². The van der Waals surface area contributed by atoms with E-state index in [0.29, 0.717) is 17.5 Å². The molecule has 0 aliphatic carbocycles. The van der Waals surface area contributed by atoms with Gasteiger partial charge in [-0.1, -0.05) is 29.8 Å². The van der Waals surface area contributed by atoms with Crippen molar-refractivity contribution in [2.75, 3.05) is 28.6 Å². The van der Waals surface area contributed by atoms with Crippen molar-refractivity contribution in [2.45, 2.75) is 47.0 Å². The molecule has 1 aliphatic heterocycles. The van der Waals surface area contributed by atoms with Crippen molar-refractivity contribution in [3.8, 4) is 0 Å². The van der Waals surface area contributed by atoms with Crippen molar-refractivity contribution in [3.63, 3.8) is 0 Å². The summed E-state index contributed by atoms with van der Waals surface area (Å²) >= 11 is 3.42. The van der Waals surface area contributed by atoms with Gasteiger partial charge in [-0.3, -0.25) is 9.59 Å². The number of hydrogen-bond donors (Lipinski definition) is 2. The Kier molecular flexibility index (Phi) is 7.75. The number of hydrogen-bond acceptors (Lipinski definition) is 4. The van der Waals surface area contributed by atoms with Gasteiger partial charge in [0.2, 0.25) is 11.8 Å². The van der Waals surface area contributed by atoms with E-state index in [1.165, 1.54) is 6.42 Å². The van der Waals surface area contributed by atoms with Crippen LogP contribution in [-0.4, -0.2) is 29.9 Å². The molecule has 4 rings (SSSR count). The fraction of sp³-hybridized carbons (Fsp3) is 0.393. The summed E-state index contributed by atoms with van der Waals surface area (Å²) in [7, 11) is 0. The smallest absolute Gasteiger partial charge is 0.224 e. The molecule has 1 fully saturated rings. The molecule has 2 amide bonds. The molecule has 2 N–H and O–H groups in total. The molecule has 6 nitrogen and oxygen atoms in total. The Morgan fingerprint density at radius 1 is 0.943 bits per heavy atom. The highest BCUT2D eigenvalue weighted by atomic mass is 79.9. The minimum absolute atomic E-state index is 0.112. The van der Waals surface area contributed by atoms with E-state index in [1.807, 2.05) is 43.3 Å². The fourth-order valence-electron chi connectivity index (χ4n) is 4.90. The summed E-state index contributed by atoms with van der Waals surface area (Å²) in [5.41, 5.74) is 4.49. The zero-order valence-corrected chi connectivity index (χ0v) is 22.4. The molecule has 0 radical (unpaired) electrons. The van der Waals surface area contributed by atoms with Gasteiger partial charge in [0.25, 0.3) is 0 Å². The first kappa shape index (κ1) is 25.2. The van der Waals surface area contributed by atoms with E-state index in [-0.39, 0.29) is 24.7 Å². The number of nitrogens with zero attached hydrogens (tertiary/aromatic N) is 2. The molecule has 0 spiro atoms. The second kappa shape index (κ2) is 10.8. The highest BCUT2D eigenvalue weighted by Gasteiger charge is 2.23. The van der Waals surface area contributed by atoms with E-state index in [2.05, 4.69) is 58.3 Å². The second-order valence-corrected chi connectivity index (χ2v) is 10.9. The van der Waals surface area contributed by atoms with Crippen molar-refractivity contribution in [1.82, 2.24) is 4.98 Å². The van der Waals surface area contributed by atoms with Gasteiger partial charge < -0.3 is 15.5 Å². The maximum Gasteiger partial charge on any atom is 0.224 e. The van der Waals surface area contributed by atoms with Crippen LogP contribution in [0.15, 0.2) is 46.9 Å². The molecule has 2 aromatic carbocycles. The number of carbonyl (C=O) groups is 2. The standard InChI is InChI=1S/C28H33BrN4O2/c1-17-11-18(2)16-33(15-17)26-13-19(3)23-14-22(6-8-25(23)31-26)30-27(34)9-10-28(35)32-24-7-5-21(29)12-20(24)4/h5-8,12-14,17-18H,9-11,15-16H2,1-4H3,(H,30,34)(H,32,35)/t17-,18-/m1/s1. The minimum atomic E-state index is -0.189. The van der Waals surface area contributed by atoms with Crippen molar-refractivity contribution in [3.05, 3.63) is 58.1 Å². The Hall–Kier alpha value is -2.93. The first-order chi connectivity index (χ1) is 16.7. The fourth-order valence-corrected chi connectivity index (χ4v) is 5.37. The molecule has 0 unspecified atom stereocenters. The number of rotatable bonds is 6. The number of aromatic nitrogens is 1. The summed E-state index contributed by atoms with van der Waals surface area (Å²) in [4.78, 5) is 32.1. The second-order valence-electron chi connectivity index (χ2n) is 9.94. The SMILES string of the molecule is Cc1cc(Br)ccc1NC(=O)CCC(=O)Nc1ccc2nc(N3C[C@H](C)C[C@@H](C)C3)cc(C)c2c1. The van der Waals surface area contributed by atoms with Crippen molar-refractivity contribution in [1.29, 1.82) is 0 Å². The number of aryl methyl sites for hydroxylation is 2. The molecule has 2 atom stereocenters. The molecule has 1 saturated heterocycles. The number of halogens is 1. The van der Waals surface area contributed by atoms with Gasteiger partial charge in [-0.05, 0) is 85.7 Å². The van der Waals surface area contributed by atoms with E-state index in [9.17, 15) is 9.59 Å². The van der Waals surface area contributed by atoms with Crippen LogP contribution in [0.25, 0.3) is 10.9 Å². The number of anilines is 3. The lowest BCUT2D eigenvalue weighted by atomic mass is 9.92. The van der Waals surface area contributed by atoms with E-state index >= 15 is 0 Å². The lowest BCUT2D eigenvalue weighted by molar-refractivity contribution is -0.121. The zero-order chi connectivity index (χ0) is 25.1. The van der Waals surface area contributed by atoms with Crippen molar-refractivity contribution in [2.24, 2.45) is 11.8 Å². The topological polar surface area (TPSA) is 74.3 Å². The number of piperidine rings is 1. The van der Waals surface area contributed by atoms with Crippen LogP contribution < -0.4 is 15.5 Å². The maximum atomic E-state index is 12.5. The highest BCUT2D eigenvalue weighted by Crippen LogP contribution is 2.29. The summed E-state index contributed by atoms with van der Waals surface area (Å²) < 4.78 is 0.958. The van der Waals surface area contributed by atoms with Crippen LogP contribution in [0, 0.1) is 25.7 Å². The quantitative estimate of drug-likeness (QED) is 0.379. The molecule has 0 saturated carbocycles. The number of fused-ring (bicyclic) bond motifs is 1. The van der Waals surface area contributed by atoms with Crippen LogP contribution in [0.3, 0.4) is 0 Å². The third-order valence-electron chi connectivity index (χ3n) is 6.52. The van der Waals surface area contributed by atoms with E-state index < -0.39 is 0 Å². The molecule has 0 bridgehead atoms. The Labute approximate surface area is 215 Å². The molecule has 1 aromatic heterocycles. The normalized spacial score (nSPS) is 17.9. The molecule has 35 heavy (non-hydrogen) atoms. The molecular formula is C28H33BrN4O2. The number of pyridine rings is 1. The van der Waals surface area contributed by atoms with Crippen molar-refractivity contribution >= 4 is 55.8 Å². The van der Waals surface area contributed by atoms with E-state index in [0.717, 1.165) is 51.1 Å². The molecule has 1 aliphatic rings. The van der Waals surface area contributed by atoms with Gasteiger partial charge in [-0.2, -0.15) is 0 Å². The average molecular weight is 538 g/mol. The van der Waals surface area contributed by atoms with E-state index in [4.69, 9.17) is 4.98 Å². The number of carbonyl (C=O) groups excluding carboxylic acids is 2. The van der Waals surface area contributed by atoms with Crippen LogP contribution in [0.1, 0.15) is 44.2 Å². The van der Waals surface area contributed by atoms with Gasteiger partial charge >= 0.3 is 0 Å². The van der Waals surface area contributed by atoms with Gasteiger partial charge in [0.1, 0.15) is 5.82 Å². The van der Waals surface area contributed by atoms with Gasteiger partial charge in [0.05, 0.1) is 5.52 Å². The summed E-state index contributed by atoms with van der Waals surface area (Å²) in [6, 6.07) is 13.6. The third-order valence-corrected chi connectivity index (χ3v) is 7.01. The van der Waals surface area contributed by atoms with Crippen LogP contribution in [-0.2, 0) is 9.59 Å². The zero-order valence-electron chi connectivity index (χ0n) is 20.8. The molecule has 184 valence electrons. The molecule has 3 aromatic rings. The lowest BCUT2D eigenvalue weighted by Crippen LogP contribution is -2.39. The first-order valence-electron chi connectivity index (χ1n) is 12.2. The number of nitrogens with one attached hydrogen (secondary N) is 2. The Morgan fingerprint density at radius 3 is 2.31 bits per heavy atom. The number of amides is 2. The van der Waals surface area contributed by atoms with Gasteiger partial charge in [-0.25, -0.2) is 4.98 Å². The van der Waals surface area contributed by atoms with Crippen molar-refractivity contribution < 1.29 is 9.59 Å². The Bertz CT molecular complexity index is 1250. The van der Waals surface area contributed by atoms with Crippen LogP contribution in [0.5, 0.6) is 0 Å². The minimum Gasteiger partial charge on any atom is -0.356 e. The molecular weight excluding hydrogens is 504 g/mol. The van der Waals surface area contributed by atoms with Crippen LogP contribution >= 0.6 is 15.9 Å². The summed E-state index contributed by atoms with van der Waals surface area (Å²) in [6.45, 7) is 10.7. The monoisotopic (exact) mass is 536 g/mol. The average Bonchev–Trinajstić information content (AvgIpc) is 2.79.